The number of hydrogen-bond acceptors (Lipinski definition) is 4. The quantitative estimate of drug-likeness (QED) is 0.362. The van der Waals surface area contributed by atoms with Gasteiger partial charge in [0, 0.05) is 19.3 Å². The zero-order valence-corrected chi connectivity index (χ0v) is 16.6. The Morgan fingerprint density at radius 3 is 2.52 bits per heavy atom. The highest BCUT2D eigenvalue weighted by Crippen LogP contribution is 2.14. The topological polar surface area (TPSA) is 85.6 Å². The molecule has 0 fully saturated rings. The van der Waals surface area contributed by atoms with Crippen molar-refractivity contribution in [2.24, 2.45) is 0 Å². The van der Waals surface area contributed by atoms with Gasteiger partial charge in [-0.25, -0.2) is 4.98 Å². The Kier molecular flexibility index (Phi) is 11.7. The third-order valence-electron chi connectivity index (χ3n) is 3.23. The molecule has 0 aliphatic rings. The highest BCUT2D eigenvalue weighted by atomic mass is 32.1. The summed E-state index contributed by atoms with van der Waals surface area (Å²) < 4.78 is 0.695. The van der Waals surface area contributed by atoms with Crippen molar-refractivity contribution in [1.82, 2.24) is 20.5 Å². The summed E-state index contributed by atoms with van der Waals surface area (Å²) >= 11 is 5.02. The smallest absolute Gasteiger partial charge is 0.207 e. The number of fused-ring (bicyclic) bond motifs is 1. The highest BCUT2D eigenvalue weighted by Gasteiger charge is 2.01. The van der Waals surface area contributed by atoms with Gasteiger partial charge in [0.05, 0.1) is 16.9 Å². The summed E-state index contributed by atoms with van der Waals surface area (Å²) in [5.41, 5.74) is 2.10. The summed E-state index contributed by atoms with van der Waals surface area (Å²) in [4.78, 5) is 14.2. The van der Waals surface area contributed by atoms with Gasteiger partial charge >= 0.3 is 0 Å². The zero-order valence-electron chi connectivity index (χ0n) is 15.8. The maximum absolute atomic E-state index is 10.1. The summed E-state index contributed by atoms with van der Waals surface area (Å²) in [6, 6.07) is 2.01. The Bertz CT molecular complexity index is 745. The molecule has 0 bridgehead atoms. The Balaban J connectivity index is 0.000000422. The van der Waals surface area contributed by atoms with E-state index in [1.165, 1.54) is 0 Å². The van der Waals surface area contributed by atoms with E-state index in [-0.39, 0.29) is 6.04 Å². The fourth-order valence-corrected chi connectivity index (χ4v) is 2.16. The van der Waals surface area contributed by atoms with Gasteiger partial charge in [-0.3, -0.25) is 15.0 Å². The molecule has 0 radical (unpaired) electrons. The predicted octanol–water partition coefficient (Wildman–Crippen LogP) is 4.33. The zero-order chi connectivity index (χ0) is 19.2. The third kappa shape index (κ3) is 7.34. The number of nitrogens with one attached hydrogen (secondary N) is 4. The lowest BCUT2D eigenvalue weighted by Crippen LogP contribution is -2.25. The normalized spacial score (nSPS) is 11.8. The van der Waals surface area contributed by atoms with Gasteiger partial charge in [-0.2, -0.15) is 0 Å². The number of aromatic amines is 2. The van der Waals surface area contributed by atoms with Crippen molar-refractivity contribution in [1.29, 1.82) is 0 Å². The van der Waals surface area contributed by atoms with Crippen LogP contribution in [0.1, 0.15) is 34.6 Å². The van der Waals surface area contributed by atoms with E-state index in [4.69, 9.17) is 12.2 Å². The van der Waals surface area contributed by atoms with Crippen LogP contribution in [0.2, 0.25) is 0 Å². The lowest BCUT2D eigenvalue weighted by atomic mass is 10.1. The van der Waals surface area contributed by atoms with E-state index >= 15 is 0 Å². The fourth-order valence-electron chi connectivity index (χ4n) is 1.95. The van der Waals surface area contributed by atoms with Gasteiger partial charge in [0.25, 0.3) is 0 Å². The first-order chi connectivity index (χ1) is 12.1. The third-order valence-corrected chi connectivity index (χ3v) is 3.55. The number of allylic oxidation sites excluding steroid dienone is 2. The van der Waals surface area contributed by atoms with Crippen LogP contribution in [-0.2, 0) is 4.79 Å². The SMILES string of the molecule is C/C=C\C(=C/C)[C@@H](C)NC=O.CC.CNc1cc2[nH][nH]c(=S)c2cn1. The molecule has 2 aromatic heterocycles. The first-order valence-electron chi connectivity index (χ1n) is 8.30. The lowest BCUT2D eigenvalue weighted by Gasteiger charge is -2.10. The Morgan fingerprint density at radius 1 is 1.32 bits per heavy atom. The number of carbonyl (C=O) groups excluding carboxylic acids is 1. The molecular formula is C18H29N5OS. The van der Waals surface area contributed by atoms with Crippen LogP contribution in [0.4, 0.5) is 5.82 Å². The first kappa shape index (κ1) is 22.6. The molecule has 0 saturated carbocycles. The van der Waals surface area contributed by atoms with Crippen LogP contribution >= 0.6 is 12.2 Å². The molecule has 0 spiro atoms. The second-order valence-corrected chi connectivity index (χ2v) is 5.15. The largest absolute Gasteiger partial charge is 0.373 e. The molecule has 1 atom stereocenters. The predicted molar refractivity (Wildman–Crippen MR) is 109 cm³/mol. The number of anilines is 1. The maximum atomic E-state index is 10.1. The summed E-state index contributed by atoms with van der Waals surface area (Å²) in [6.07, 6.45) is 8.40. The van der Waals surface area contributed by atoms with Crippen molar-refractivity contribution in [3.8, 4) is 0 Å². The molecule has 2 heterocycles. The van der Waals surface area contributed by atoms with E-state index in [1.54, 1.807) is 6.20 Å². The van der Waals surface area contributed by atoms with E-state index in [9.17, 15) is 4.79 Å². The van der Waals surface area contributed by atoms with Gasteiger partial charge < -0.3 is 10.6 Å². The molecule has 0 aromatic carbocycles. The summed E-state index contributed by atoms with van der Waals surface area (Å²) in [5.74, 6) is 0.827. The highest BCUT2D eigenvalue weighted by molar-refractivity contribution is 7.71. The molecule has 0 saturated heterocycles. The molecule has 0 aliphatic heterocycles. The standard InChI is InChI=1S/C9H15NO.C7H8N4S.C2H6/c1-4-6-9(5-2)8(3)10-7-11;1-8-6-2-5-4(3-9-6)7(12)11-10-5;1-2/h4-8H,1-3H3,(H,10,11);2-3H,1H3,(H,8,9)(H2,10,11,12);1-2H3/b6-4-,9-5+;;/t8-;;/m1../s1. The van der Waals surface area contributed by atoms with E-state index in [0.717, 1.165) is 28.7 Å². The molecule has 0 aliphatic carbocycles. The summed E-state index contributed by atoms with van der Waals surface area (Å²) in [7, 11) is 1.83. The average Bonchev–Trinajstić information content (AvgIpc) is 3.02. The van der Waals surface area contributed by atoms with Crippen molar-refractivity contribution in [2.45, 2.75) is 40.7 Å². The Hall–Kier alpha value is -2.41. The molecule has 0 unspecified atom stereocenters. The van der Waals surface area contributed by atoms with E-state index in [1.807, 2.05) is 66.0 Å². The minimum atomic E-state index is 0.105. The fraction of sp³-hybridized carbons (Fsp3) is 0.389. The molecule has 1 amide bonds. The molecule has 7 heteroatoms. The maximum Gasteiger partial charge on any atom is 0.207 e. The number of rotatable bonds is 5. The first-order valence-corrected chi connectivity index (χ1v) is 8.70. The lowest BCUT2D eigenvalue weighted by molar-refractivity contribution is -0.109. The van der Waals surface area contributed by atoms with Gasteiger partial charge in [0.2, 0.25) is 6.41 Å². The van der Waals surface area contributed by atoms with Gasteiger partial charge in [-0.05, 0) is 26.3 Å². The van der Waals surface area contributed by atoms with E-state index < -0.39 is 0 Å². The minimum Gasteiger partial charge on any atom is -0.373 e. The number of carbonyl (C=O) groups is 1. The number of aromatic nitrogens is 3. The van der Waals surface area contributed by atoms with Crippen molar-refractivity contribution >= 4 is 35.3 Å². The van der Waals surface area contributed by atoms with Gasteiger partial charge in [0.1, 0.15) is 10.5 Å². The molecule has 2 rings (SSSR count). The number of hydrogen-bond donors (Lipinski definition) is 4. The van der Waals surface area contributed by atoms with Crippen LogP contribution < -0.4 is 10.6 Å². The average molecular weight is 364 g/mol. The van der Waals surface area contributed by atoms with Crippen molar-refractivity contribution in [2.75, 3.05) is 12.4 Å². The van der Waals surface area contributed by atoms with Crippen molar-refractivity contribution in [3.63, 3.8) is 0 Å². The second-order valence-electron chi connectivity index (χ2n) is 4.74. The Labute approximate surface area is 154 Å². The summed E-state index contributed by atoms with van der Waals surface area (Å²) in [5, 5.41) is 12.4. The number of H-pyrrole nitrogens is 2. The second kappa shape index (κ2) is 12.9. The van der Waals surface area contributed by atoms with Crippen LogP contribution in [0.5, 0.6) is 0 Å². The monoisotopic (exact) mass is 363 g/mol. The number of pyridine rings is 1. The van der Waals surface area contributed by atoms with Crippen LogP contribution in [0.3, 0.4) is 0 Å². The summed E-state index contributed by atoms with van der Waals surface area (Å²) in [6.45, 7) is 9.86. The van der Waals surface area contributed by atoms with Crippen LogP contribution in [0.25, 0.3) is 10.9 Å². The number of amides is 1. The van der Waals surface area contributed by atoms with E-state index in [0.29, 0.717) is 4.64 Å². The van der Waals surface area contributed by atoms with Gasteiger partial charge in [0.15, 0.2) is 0 Å². The van der Waals surface area contributed by atoms with Crippen LogP contribution in [0, 0.1) is 4.64 Å². The van der Waals surface area contributed by atoms with Crippen LogP contribution in [-0.4, -0.2) is 34.7 Å². The molecule has 138 valence electrons. The van der Waals surface area contributed by atoms with Gasteiger partial charge in [-0.15, -0.1) is 0 Å². The van der Waals surface area contributed by atoms with Crippen molar-refractivity contribution < 1.29 is 4.79 Å². The molecule has 6 nitrogen and oxygen atoms in total. The molecule has 2 aromatic rings. The Morgan fingerprint density at radius 2 is 2.00 bits per heavy atom. The van der Waals surface area contributed by atoms with Crippen molar-refractivity contribution in [3.05, 3.63) is 40.7 Å². The molecule has 4 N–H and O–H groups in total. The number of nitrogens with zero attached hydrogens (tertiary/aromatic N) is 1. The molecule has 25 heavy (non-hydrogen) atoms. The van der Waals surface area contributed by atoms with Gasteiger partial charge in [-0.1, -0.05) is 44.3 Å². The molecular weight excluding hydrogens is 334 g/mol. The minimum absolute atomic E-state index is 0.105. The van der Waals surface area contributed by atoms with E-state index in [2.05, 4.69) is 25.8 Å². The van der Waals surface area contributed by atoms with Crippen LogP contribution in [0.15, 0.2) is 36.1 Å².